The summed E-state index contributed by atoms with van der Waals surface area (Å²) in [5.41, 5.74) is 2.68. The molecule has 0 bridgehead atoms. The Morgan fingerprint density at radius 2 is 2.22 bits per heavy atom. The van der Waals surface area contributed by atoms with Gasteiger partial charge in [0.25, 0.3) is 0 Å². The van der Waals surface area contributed by atoms with E-state index >= 15 is 0 Å². The zero-order valence-corrected chi connectivity index (χ0v) is 10.7. The van der Waals surface area contributed by atoms with Gasteiger partial charge in [-0.1, -0.05) is 17.7 Å². The lowest BCUT2D eigenvalue weighted by atomic mass is 10.2. The van der Waals surface area contributed by atoms with E-state index < -0.39 is 0 Å². The molecule has 2 aromatic rings. The van der Waals surface area contributed by atoms with E-state index in [4.69, 9.17) is 11.6 Å². The van der Waals surface area contributed by atoms with Crippen LogP contribution in [0.2, 0.25) is 5.02 Å². The lowest BCUT2D eigenvalue weighted by Gasteiger charge is -2.08. The van der Waals surface area contributed by atoms with Crippen LogP contribution in [-0.2, 0) is 6.54 Å². The van der Waals surface area contributed by atoms with Crippen LogP contribution in [0.1, 0.15) is 11.1 Å². The summed E-state index contributed by atoms with van der Waals surface area (Å²) < 4.78 is 0. The Labute approximate surface area is 110 Å². The van der Waals surface area contributed by atoms with Crippen molar-refractivity contribution in [1.82, 2.24) is 10.3 Å². The minimum atomic E-state index is -0.254. The molecule has 2 rings (SSSR count). The van der Waals surface area contributed by atoms with Crippen LogP contribution < -0.4 is 10.6 Å². The molecule has 5 heteroatoms. The molecule has 18 heavy (non-hydrogen) atoms. The fraction of sp³-hybridized carbons (Fsp3) is 0.154. The standard InChI is InChI=1S/C13H14ClN3O/c1-9-2-3-11(6-12(9)14)17-13(18)16-8-10-4-5-15-7-10/h2-7,15H,8H2,1H3,(H2,16,17,18). The first-order chi connectivity index (χ1) is 8.65. The summed E-state index contributed by atoms with van der Waals surface area (Å²) in [4.78, 5) is 14.6. The van der Waals surface area contributed by atoms with Crippen LogP contribution in [-0.4, -0.2) is 11.0 Å². The molecule has 0 aliphatic carbocycles. The smallest absolute Gasteiger partial charge is 0.319 e. The van der Waals surface area contributed by atoms with Crippen molar-refractivity contribution in [2.24, 2.45) is 0 Å². The highest BCUT2D eigenvalue weighted by Gasteiger charge is 2.03. The molecule has 1 aromatic heterocycles. The van der Waals surface area contributed by atoms with Crippen LogP contribution in [0.25, 0.3) is 0 Å². The van der Waals surface area contributed by atoms with Crippen LogP contribution >= 0.6 is 11.6 Å². The number of aryl methyl sites for hydroxylation is 1. The fourth-order valence-corrected chi connectivity index (χ4v) is 1.68. The fourth-order valence-electron chi connectivity index (χ4n) is 1.50. The van der Waals surface area contributed by atoms with Crippen molar-refractivity contribution in [1.29, 1.82) is 0 Å². The van der Waals surface area contributed by atoms with Gasteiger partial charge in [0, 0.05) is 29.6 Å². The maximum Gasteiger partial charge on any atom is 0.319 e. The van der Waals surface area contributed by atoms with Gasteiger partial charge in [-0.25, -0.2) is 4.79 Å². The summed E-state index contributed by atoms with van der Waals surface area (Å²) in [5, 5.41) is 6.12. The average Bonchev–Trinajstić information content (AvgIpc) is 2.84. The van der Waals surface area contributed by atoms with E-state index in [1.807, 2.05) is 37.5 Å². The normalized spacial score (nSPS) is 10.1. The highest BCUT2D eigenvalue weighted by molar-refractivity contribution is 6.31. The molecule has 0 radical (unpaired) electrons. The number of rotatable bonds is 3. The monoisotopic (exact) mass is 263 g/mol. The Morgan fingerprint density at radius 3 is 2.89 bits per heavy atom. The van der Waals surface area contributed by atoms with Gasteiger partial charge in [-0.15, -0.1) is 0 Å². The molecular weight excluding hydrogens is 250 g/mol. The number of amides is 2. The molecule has 2 amide bonds. The minimum Gasteiger partial charge on any atom is -0.367 e. The van der Waals surface area contributed by atoms with Gasteiger partial charge in [-0.05, 0) is 36.2 Å². The molecular formula is C13H14ClN3O. The molecule has 0 atom stereocenters. The number of hydrogen-bond donors (Lipinski definition) is 3. The van der Waals surface area contributed by atoms with Crippen LogP contribution in [0.4, 0.5) is 10.5 Å². The predicted molar refractivity (Wildman–Crippen MR) is 72.8 cm³/mol. The van der Waals surface area contributed by atoms with Gasteiger partial charge in [0.15, 0.2) is 0 Å². The first-order valence-corrected chi connectivity index (χ1v) is 5.95. The van der Waals surface area contributed by atoms with E-state index in [9.17, 15) is 4.79 Å². The van der Waals surface area contributed by atoms with Gasteiger partial charge in [0.05, 0.1) is 0 Å². The molecule has 4 nitrogen and oxygen atoms in total. The number of benzene rings is 1. The minimum absolute atomic E-state index is 0.254. The first-order valence-electron chi connectivity index (χ1n) is 5.58. The van der Waals surface area contributed by atoms with Crippen molar-refractivity contribution in [3.63, 3.8) is 0 Å². The summed E-state index contributed by atoms with van der Waals surface area (Å²) in [5.74, 6) is 0. The molecule has 3 N–H and O–H groups in total. The van der Waals surface area contributed by atoms with Crippen LogP contribution in [0.3, 0.4) is 0 Å². The third-order valence-electron chi connectivity index (χ3n) is 2.55. The van der Waals surface area contributed by atoms with E-state index in [1.54, 1.807) is 6.07 Å². The molecule has 0 saturated carbocycles. The van der Waals surface area contributed by atoms with Crippen LogP contribution in [0, 0.1) is 6.92 Å². The van der Waals surface area contributed by atoms with Crippen LogP contribution in [0.5, 0.6) is 0 Å². The number of urea groups is 1. The van der Waals surface area contributed by atoms with Crippen molar-refractivity contribution >= 4 is 23.3 Å². The third-order valence-corrected chi connectivity index (χ3v) is 2.95. The molecule has 1 heterocycles. The second-order valence-corrected chi connectivity index (χ2v) is 4.40. The molecule has 0 spiro atoms. The van der Waals surface area contributed by atoms with Gasteiger partial charge < -0.3 is 15.6 Å². The largest absolute Gasteiger partial charge is 0.367 e. The topological polar surface area (TPSA) is 56.9 Å². The van der Waals surface area contributed by atoms with Gasteiger partial charge in [0.2, 0.25) is 0 Å². The summed E-state index contributed by atoms with van der Waals surface area (Å²) in [6.07, 6.45) is 3.65. The second-order valence-electron chi connectivity index (χ2n) is 3.99. The number of nitrogens with one attached hydrogen (secondary N) is 3. The summed E-state index contributed by atoms with van der Waals surface area (Å²) in [6.45, 7) is 2.40. The highest BCUT2D eigenvalue weighted by atomic mass is 35.5. The number of hydrogen-bond acceptors (Lipinski definition) is 1. The van der Waals surface area contributed by atoms with Gasteiger partial charge >= 0.3 is 6.03 Å². The van der Waals surface area contributed by atoms with Crippen molar-refractivity contribution in [3.05, 3.63) is 52.8 Å². The van der Waals surface area contributed by atoms with Crippen molar-refractivity contribution in [2.45, 2.75) is 13.5 Å². The Balaban J connectivity index is 1.88. The van der Waals surface area contributed by atoms with E-state index in [0.29, 0.717) is 17.3 Å². The van der Waals surface area contributed by atoms with Gasteiger partial charge in [-0.2, -0.15) is 0 Å². The maximum atomic E-state index is 11.6. The van der Waals surface area contributed by atoms with Gasteiger partial charge in [-0.3, -0.25) is 0 Å². The van der Waals surface area contributed by atoms with E-state index in [2.05, 4.69) is 15.6 Å². The lowest BCUT2D eigenvalue weighted by Crippen LogP contribution is -2.27. The molecule has 94 valence electrons. The molecule has 0 unspecified atom stereocenters. The van der Waals surface area contributed by atoms with E-state index in [0.717, 1.165) is 11.1 Å². The van der Waals surface area contributed by atoms with Crippen LogP contribution in [0.15, 0.2) is 36.7 Å². The summed E-state index contributed by atoms with van der Waals surface area (Å²) >= 11 is 5.98. The quantitative estimate of drug-likeness (QED) is 0.782. The average molecular weight is 264 g/mol. The number of halogens is 1. The Kier molecular flexibility index (Phi) is 3.89. The van der Waals surface area contributed by atoms with Crippen molar-refractivity contribution < 1.29 is 4.79 Å². The number of anilines is 1. The Hall–Kier alpha value is -1.94. The Morgan fingerprint density at radius 1 is 1.39 bits per heavy atom. The highest BCUT2D eigenvalue weighted by Crippen LogP contribution is 2.19. The second kappa shape index (κ2) is 5.60. The first kappa shape index (κ1) is 12.5. The van der Waals surface area contributed by atoms with Gasteiger partial charge in [0.1, 0.15) is 0 Å². The molecule has 0 fully saturated rings. The maximum absolute atomic E-state index is 11.6. The van der Waals surface area contributed by atoms with E-state index in [1.165, 1.54) is 0 Å². The SMILES string of the molecule is Cc1ccc(NC(=O)NCc2cc[nH]c2)cc1Cl. The molecule has 0 aliphatic rings. The summed E-state index contributed by atoms with van der Waals surface area (Å²) in [6, 6.07) is 7.06. The number of H-pyrrole nitrogens is 1. The summed E-state index contributed by atoms with van der Waals surface area (Å²) in [7, 11) is 0. The number of carbonyl (C=O) groups is 1. The zero-order valence-electron chi connectivity index (χ0n) is 9.96. The molecule has 1 aromatic carbocycles. The predicted octanol–water partition coefficient (Wildman–Crippen LogP) is 3.30. The number of carbonyl (C=O) groups excluding carboxylic acids is 1. The molecule has 0 aliphatic heterocycles. The van der Waals surface area contributed by atoms with Crippen molar-refractivity contribution in [3.8, 4) is 0 Å². The Bertz CT molecular complexity index is 537. The number of aromatic amines is 1. The lowest BCUT2D eigenvalue weighted by molar-refractivity contribution is 0.252. The third kappa shape index (κ3) is 3.28. The van der Waals surface area contributed by atoms with E-state index in [-0.39, 0.29) is 6.03 Å². The zero-order chi connectivity index (χ0) is 13.0. The number of aromatic nitrogens is 1. The van der Waals surface area contributed by atoms with Crippen molar-refractivity contribution in [2.75, 3.05) is 5.32 Å². The molecule has 0 saturated heterocycles.